The van der Waals surface area contributed by atoms with Crippen LogP contribution >= 0.6 is 27.5 Å². The Hall–Kier alpha value is -2.31. The fraction of sp³-hybridized carbons (Fsp3) is 0.304. The zero-order chi connectivity index (χ0) is 21.1. The Labute approximate surface area is 189 Å². The van der Waals surface area contributed by atoms with E-state index in [2.05, 4.69) is 32.7 Å². The van der Waals surface area contributed by atoms with Gasteiger partial charge in [0.05, 0.1) is 6.20 Å². The maximum Gasteiger partial charge on any atom is 0.223 e. The van der Waals surface area contributed by atoms with E-state index in [4.69, 9.17) is 16.0 Å². The van der Waals surface area contributed by atoms with Crippen molar-refractivity contribution in [3.05, 3.63) is 69.6 Å². The minimum Gasteiger partial charge on any atom is -0.441 e. The fourth-order valence-electron chi connectivity index (χ4n) is 3.69. The number of carbonyl (C=O) groups excluding carboxylic acids is 1. The second-order valence-electron chi connectivity index (χ2n) is 7.43. The van der Waals surface area contributed by atoms with Gasteiger partial charge in [-0.1, -0.05) is 45.7 Å². The average Bonchev–Trinajstić information content (AvgIpc) is 3.23. The zero-order valence-electron chi connectivity index (χ0n) is 16.8. The Balaban J connectivity index is 1.30. The lowest BCUT2D eigenvalue weighted by Crippen LogP contribution is -2.49. The molecule has 0 N–H and O–H groups in total. The van der Waals surface area contributed by atoms with Crippen molar-refractivity contribution in [1.29, 1.82) is 0 Å². The molecule has 1 fully saturated rings. The highest BCUT2D eigenvalue weighted by Gasteiger charge is 2.22. The van der Waals surface area contributed by atoms with Crippen LogP contribution in [0.1, 0.15) is 17.9 Å². The van der Waals surface area contributed by atoms with E-state index in [0.717, 1.165) is 33.8 Å². The number of aromatic nitrogens is 1. The van der Waals surface area contributed by atoms with E-state index in [0.29, 0.717) is 37.6 Å². The lowest BCUT2D eigenvalue weighted by atomic mass is 10.1. The average molecular weight is 489 g/mol. The van der Waals surface area contributed by atoms with Gasteiger partial charge in [-0.3, -0.25) is 4.79 Å². The predicted molar refractivity (Wildman–Crippen MR) is 123 cm³/mol. The first-order chi connectivity index (χ1) is 14.5. The number of amides is 1. The molecule has 1 amide bonds. The molecule has 30 heavy (non-hydrogen) atoms. The zero-order valence-corrected chi connectivity index (χ0v) is 19.1. The van der Waals surface area contributed by atoms with Crippen molar-refractivity contribution in [3.8, 4) is 11.3 Å². The number of piperazine rings is 1. The van der Waals surface area contributed by atoms with Gasteiger partial charge in [-0.05, 0) is 36.8 Å². The molecule has 2 aromatic carbocycles. The standard InChI is InChI=1S/C23H23BrClN3O2/c1-16-5-6-19(25)14-20(16)27-9-11-28(12-10-27)23(29)8-7-22-26-15-21(30-22)17-3-2-4-18(24)13-17/h2-6,13-15H,7-12H2,1H3. The van der Waals surface area contributed by atoms with Crippen molar-refractivity contribution < 1.29 is 9.21 Å². The second-order valence-corrected chi connectivity index (χ2v) is 8.78. The van der Waals surface area contributed by atoms with Gasteiger partial charge >= 0.3 is 0 Å². The van der Waals surface area contributed by atoms with Gasteiger partial charge in [-0.2, -0.15) is 0 Å². The van der Waals surface area contributed by atoms with Crippen LogP contribution in [0.4, 0.5) is 5.69 Å². The van der Waals surface area contributed by atoms with Crippen LogP contribution in [0.25, 0.3) is 11.3 Å². The number of rotatable bonds is 5. The molecule has 3 aromatic rings. The highest BCUT2D eigenvalue weighted by atomic mass is 79.9. The molecule has 0 bridgehead atoms. The summed E-state index contributed by atoms with van der Waals surface area (Å²) in [5.74, 6) is 1.44. The predicted octanol–water partition coefficient (Wildman–Crippen LogP) is 5.35. The number of hydrogen-bond donors (Lipinski definition) is 0. The minimum absolute atomic E-state index is 0.139. The molecule has 0 atom stereocenters. The van der Waals surface area contributed by atoms with E-state index >= 15 is 0 Å². The number of oxazole rings is 1. The van der Waals surface area contributed by atoms with Crippen LogP contribution in [0, 0.1) is 6.92 Å². The summed E-state index contributed by atoms with van der Waals surface area (Å²) < 4.78 is 6.82. The summed E-state index contributed by atoms with van der Waals surface area (Å²) in [5.41, 5.74) is 3.31. The van der Waals surface area contributed by atoms with E-state index in [-0.39, 0.29) is 5.91 Å². The quantitative estimate of drug-likeness (QED) is 0.486. The number of aryl methyl sites for hydroxylation is 2. The molecule has 0 spiro atoms. The van der Waals surface area contributed by atoms with Crippen molar-refractivity contribution in [2.75, 3.05) is 31.1 Å². The Kier molecular flexibility index (Phi) is 6.44. The maximum absolute atomic E-state index is 12.7. The Morgan fingerprint density at radius 1 is 1.17 bits per heavy atom. The number of halogens is 2. The highest BCUT2D eigenvalue weighted by molar-refractivity contribution is 9.10. The lowest BCUT2D eigenvalue weighted by molar-refractivity contribution is -0.131. The molecule has 0 radical (unpaired) electrons. The van der Waals surface area contributed by atoms with Gasteiger partial charge in [0.25, 0.3) is 0 Å². The van der Waals surface area contributed by atoms with Crippen LogP contribution in [0.15, 0.2) is 57.6 Å². The van der Waals surface area contributed by atoms with Crippen LogP contribution in [0.5, 0.6) is 0 Å². The molecular formula is C23H23BrClN3O2. The molecule has 5 nitrogen and oxygen atoms in total. The summed E-state index contributed by atoms with van der Waals surface area (Å²) in [6.45, 7) is 5.11. The molecular weight excluding hydrogens is 466 g/mol. The van der Waals surface area contributed by atoms with Crippen LogP contribution in [0.2, 0.25) is 5.02 Å². The summed E-state index contributed by atoms with van der Waals surface area (Å²) in [7, 11) is 0. The maximum atomic E-state index is 12.7. The molecule has 0 aliphatic carbocycles. The van der Waals surface area contributed by atoms with Gasteiger partial charge in [0.15, 0.2) is 11.7 Å². The fourth-order valence-corrected chi connectivity index (χ4v) is 4.26. The van der Waals surface area contributed by atoms with Gasteiger partial charge < -0.3 is 14.2 Å². The molecule has 0 unspecified atom stereocenters. The van der Waals surface area contributed by atoms with Crippen molar-refractivity contribution >= 4 is 39.1 Å². The topological polar surface area (TPSA) is 49.6 Å². The molecule has 1 aliphatic heterocycles. The minimum atomic E-state index is 0.139. The first-order valence-corrected chi connectivity index (χ1v) is 11.2. The van der Waals surface area contributed by atoms with E-state index in [1.54, 1.807) is 6.20 Å². The van der Waals surface area contributed by atoms with E-state index in [9.17, 15) is 4.79 Å². The van der Waals surface area contributed by atoms with Gasteiger partial charge in [0.1, 0.15) is 0 Å². The largest absolute Gasteiger partial charge is 0.441 e. The summed E-state index contributed by atoms with van der Waals surface area (Å²) in [6.07, 6.45) is 2.61. The lowest BCUT2D eigenvalue weighted by Gasteiger charge is -2.37. The Bertz CT molecular complexity index is 1040. The van der Waals surface area contributed by atoms with Crippen molar-refractivity contribution in [2.24, 2.45) is 0 Å². The first-order valence-electron chi connectivity index (χ1n) is 9.99. The molecule has 7 heteroatoms. The van der Waals surface area contributed by atoms with Crippen LogP contribution < -0.4 is 4.90 Å². The van der Waals surface area contributed by atoms with Crippen LogP contribution in [-0.2, 0) is 11.2 Å². The van der Waals surface area contributed by atoms with E-state index in [1.165, 1.54) is 5.56 Å². The molecule has 1 aliphatic rings. The SMILES string of the molecule is Cc1ccc(Cl)cc1N1CCN(C(=O)CCc2ncc(-c3cccc(Br)c3)o2)CC1. The van der Waals surface area contributed by atoms with Crippen LogP contribution in [-0.4, -0.2) is 42.0 Å². The summed E-state index contributed by atoms with van der Waals surface area (Å²) in [4.78, 5) is 21.2. The third kappa shape index (κ3) is 4.87. The monoisotopic (exact) mass is 487 g/mol. The third-order valence-corrected chi connectivity index (χ3v) is 6.09. The van der Waals surface area contributed by atoms with Crippen molar-refractivity contribution in [3.63, 3.8) is 0 Å². The van der Waals surface area contributed by atoms with Gasteiger partial charge in [-0.25, -0.2) is 4.98 Å². The summed E-state index contributed by atoms with van der Waals surface area (Å²) in [5, 5.41) is 0.738. The van der Waals surface area contributed by atoms with Crippen molar-refractivity contribution in [1.82, 2.24) is 9.88 Å². The third-order valence-electron chi connectivity index (χ3n) is 5.36. The van der Waals surface area contributed by atoms with Gasteiger partial charge in [0.2, 0.25) is 5.91 Å². The van der Waals surface area contributed by atoms with E-state index in [1.807, 2.05) is 47.4 Å². The second kappa shape index (κ2) is 9.23. The first kappa shape index (κ1) is 20.9. The van der Waals surface area contributed by atoms with Gasteiger partial charge in [-0.15, -0.1) is 0 Å². The van der Waals surface area contributed by atoms with Crippen LogP contribution in [0.3, 0.4) is 0 Å². The smallest absolute Gasteiger partial charge is 0.223 e. The summed E-state index contributed by atoms with van der Waals surface area (Å²) >= 11 is 9.62. The normalized spacial score (nSPS) is 14.2. The highest BCUT2D eigenvalue weighted by Crippen LogP contribution is 2.26. The molecule has 2 heterocycles. The number of anilines is 1. The number of carbonyl (C=O) groups is 1. The van der Waals surface area contributed by atoms with Crippen molar-refractivity contribution in [2.45, 2.75) is 19.8 Å². The van der Waals surface area contributed by atoms with Gasteiger partial charge in [0, 0.05) is 59.8 Å². The number of nitrogens with zero attached hydrogens (tertiary/aromatic N) is 3. The molecule has 1 saturated heterocycles. The molecule has 1 aromatic heterocycles. The number of hydrogen-bond acceptors (Lipinski definition) is 4. The Morgan fingerprint density at radius 3 is 2.73 bits per heavy atom. The molecule has 156 valence electrons. The van der Waals surface area contributed by atoms with E-state index < -0.39 is 0 Å². The molecule has 4 rings (SSSR count). The molecule has 0 saturated carbocycles. The number of benzene rings is 2. The summed E-state index contributed by atoms with van der Waals surface area (Å²) in [6, 6.07) is 13.8. The Morgan fingerprint density at radius 2 is 1.97 bits per heavy atom.